The molecular weight excluding hydrogens is 347 g/mol. The van der Waals surface area contributed by atoms with E-state index in [0.717, 1.165) is 5.82 Å². The molecule has 3 aromatic rings. The number of rotatable bonds is 5. The minimum atomic E-state index is -0.327. The van der Waals surface area contributed by atoms with Crippen LogP contribution in [0.3, 0.4) is 0 Å². The fraction of sp³-hybridized carbons (Fsp3) is 0.150. The second kappa shape index (κ2) is 7.41. The summed E-state index contributed by atoms with van der Waals surface area (Å²) in [5, 5.41) is 3.00. The molecule has 2 heterocycles. The lowest BCUT2D eigenvalue weighted by Crippen LogP contribution is -2.59. The van der Waals surface area contributed by atoms with Crippen molar-refractivity contribution in [3.8, 4) is 11.5 Å². The summed E-state index contributed by atoms with van der Waals surface area (Å²) in [6.45, 7) is 1.38. The summed E-state index contributed by atoms with van der Waals surface area (Å²) >= 11 is 0. The molecule has 2 aromatic carbocycles. The van der Waals surface area contributed by atoms with Crippen molar-refractivity contribution in [2.75, 3.05) is 18.0 Å². The van der Waals surface area contributed by atoms with Crippen LogP contribution in [0.25, 0.3) is 0 Å². The Hall–Kier alpha value is -3.48. The Kier molecular flexibility index (Phi) is 4.65. The number of carbonyl (C=O) groups is 1. The molecule has 1 fully saturated rings. The molecule has 0 saturated carbocycles. The van der Waals surface area contributed by atoms with E-state index in [1.807, 2.05) is 4.90 Å². The fourth-order valence-electron chi connectivity index (χ4n) is 2.82. The van der Waals surface area contributed by atoms with Crippen molar-refractivity contribution in [1.29, 1.82) is 0 Å². The van der Waals surface area contributed by atoms with Crippen molar-refractivity contribution in [3.05, 3.63) is 78.5 Å². The number of anilines is 1. The number of hydrogen-bond donors (Lipinski definition) is 1. The average Bonchev–Trinajstić information content (AvgIpc) is 2.67. The van der Waals surface area contributed by atoms with E-state index >= 15 is 0 Å². The standard InChI is InChI=1S/C20H17FN4O2/c21-15-4-6-17(7-5-15)27-18-3-1-2-14(10-18)20(26)24-16-12-25(13-16)19-11-22-8-9-23-19/h1-11,16H,12-13H2,(H,24,26). The van der Waals surface area contributed by atoms with Gasteiger partial charge in [-0.1, -0.05) is 6.07 Å². The fourth-order valence-corrected chi connectivity index (χ4v) is 2.82. The Morgan fingerprint density at radius 3 is 2.67 bits per heavy atom. The molecule has 1 amide bonds. The summed E-state index contributed by atoms with van der Waals surface area (Å²) in [5.41, 5.74) is 0.507. The topological polar surface area (TPSA) is 67.4 Å². The van der Waals surface area contributed by atoms with Crippen molar-refractivity contribution < 1.29 is 13.9 Å². The van der Waals surface area contributed by atoms with Crippen LogP contribution in [0, 0.1) is 5.82 Å². The van der Waals surface area contributed by atoms with E-state index in [4.69, 9.17) is 4.74 Å². The van der Waals surface area contributed by atoms with Gasteiger partial charge in [0.05, 0.1) is 12.2 Å². The maximum atomic E-state index is 13.0. The van der Waals surface area contributed by atoms with Gasteiger partial charge in [0.1, 0.15) is 23.1 Å². The molecule has 27 heavy (non-hydrogen) atoms. The number of amides is 1. The molecule has 7 heteroatoms. The molecule has 6 nitrogen and oxygen atoms in total. The van der Waals surface area contributed by atoms with Gasteiger partial charge in [-0.25, -0.2) is 9.37 Å². The van der Waals surface area contributed by atoms with Crippen molar-refractivity contribution in [3.63, 3.8) is 0 Å². The summed E-state index contributed by atoms with van der Waals surface area (Å²) in [6, 6.07) is 12.7. The largest absolute Gasteiger partial charge is 0.457 e. The van der Waals surface area contributed by atoms with Crippen LogP contribution in [0.15, 0.2) is 67.1 Å². The highest BCUT2D eigenvalue weighted by Crippen LogP contribution is 2.23. The first-order valence-corrected chi connectivity index (χ1v) is 8.53. The zero-order valence-corrected chi connectivity index (χ0v) is 14.4. The van der Waals surface area contributed by atoms with Crippen molar-refractivity contribution in [2.24, 2.45) is 0 Å². The molecule has 1 aromatic heterocycles. The average molecular weight is 364 g/mol. The molecule has 0 atom stereocenters. The van der Waals surface area contributed by atoms with E-state index in [-0.39, 0.29) is 17.8 Å². The summed E-state index contributed by atoms with van der Waals surface area (Å²) in [5.74, 6) is 1.34. The Morgan fingerprint density at radius 2 is 1.93 bits per heavy atom. The van der Waals surface area contributed by atoms with Gasteiger partial charge in [-0.05, 0) is 42.5 Å². The molecule has 0 unspecified atom stereocenters. The van der Waals surface area contributed by atoms with Gasteiger partial charge in [0.15, 0.2) is 0 Å². The number of nitrogens with zero attached hydrogens (tertiary/aromatic N) is 3. The normalized spacial score (nSPS) is 13.7. The zero-order valence-electron chi connectivity index (χ0n) is 14.4. The molecule has 136 valence electrons. The first-order valence-electron chi connectivity index (χ1n) is 8.53. The highest BCUT2D eigenvalue weighted by atomic mass is 19.1. The lowest BCUT2D eigenvalue weighted by molar-refractivity contribution is 0.0930. The van der Waals surface area contributed by atoms with E-state index in [9.17, 15) is 9.18 Å². The van der Waals surface area contributed by atoms with Crippen molar-refractivity contribution in [1.82, 2.24) is 15.3 Å². The SMILES string of the molecule is O=C(NC1CN(c2cnccn2)C1)c1cccc(Oc2ccc(F)cc2)c1. The van der Waals surface area contributed by atoms with Crippen molar-refractivity contribution in [2.45, 2.75) is 6.04 Å². The Balaban J connectivity index is 1.35. The predicted molar refractivity (Wildman–Crippen MR) is 98.4 cm³/mol. The summed E-state index contributed by atoms with van der Waals surface area (Å²) in [7, 11) is 0. The predicted octanol–water partition coefficient (Wildman–Crippen LogP) is 3.03. The Morgan fingerprint density at radius 1 is 1.11 bits per heavy atom. The van der Waals surface area contributed by atoms with Crippen LogP contribution in [-0.2, 0) is 0 Å². The van der Waals surface area contributed by atoms with Gasteiger partial charge in [0.2, 0.25) is 0 Å². The third kappa shape index (κ3) is 4.03. The maximum absolute atomic E-state index is 13.0. The summed E-state index contributed by atoms with van der Waals surface area (Å²) in [6.07, 6.45) is 4.98. The quantitative estimate of drug-likeness (QED) is 0.754. The molecule has 0 radical (unpaired) electrons. The second-order valence-electron chi connectivity index (χ2n) is 6.22. The molecule has 4 rings (SSSR count). The number of nitrogens with one attached hydrogen (secondary N) is 1. The molecule has 0 bridgehead atoms. The van der Waals surface area contributed by atoms with Crippen LogP contribution in [0.4, 0.5) is 10.2 Å². The molecular formula is C20H17FN4O2. The van der Waals surface area contributed by atoms with Crippen molar-refractivity contribution >= 4 is 11.7 Å². The van der Waals surface area contributed by atoms with Gasteiger partial charge >= 0.3 is 0 Å². The van der Waals surface area contributed by atoms with Crippen LogP contribution in [0.2, 0.25) is 0 Å². The lowest BCUT2D eigenvalue weighted by Gasteiger charge is -2.40. The number of halogens is 1. The van der Waals surface area contributed by atoms with Crippen LogP contribution in [0.1, 0.15) is 10.4 Å². The molecule has 0 aliphatic carbocycles. The van der Waals surface area contributed by atoms with Gasteiger partial charge in [0.25, 0.3) is 5.91 Å². The van der Waals surface area contributed by atoms with Gasteiger partial charge < -0.3 is 15.0 Å². The number of ether oxygens (including phenoxy) is 1. The van der Waals surface area contributed by atoms with E-state index in [2.05, 4.69) is 15.3 Å². The van der Waals surface area contributed by atoms with E-state index < -0.39 is 0 Å². The number of benzene rings is 2. The summed E-state index contributed by atoms with van der Waals surface area (Å²) in [4.78, 5) is 22.8. The molecule has 0 spiro atoms. The van der Waals surface area contributed by atoms with E-state index in [0.29, 0.717) is 30.2 Å². The van der Waals surface area contributed by atoms with Crippen LogP contribution < -0.4 is 15.0 Å². The Bertz CT molecular complexity index is 928. The Labute approximate surface area is 155 Å². The molecule has 1 aliphatic heterocycles. The minimum Gasteiger partial charge on any atom is -0.457 e. The first kappa shape index (κ1) is 17.0. The van der Waals surface area contributed by atoms with Crippen LogP contribution >= 0.6 is 0 Å². The number of aromatic nitrogens is 2. The third-order valence-corrected chi connectivity index (χ3v) is 4.24. The maximum Gasteiger partial charge on any atom is 0.251 e. The third-order valence-electron chi connectivity index (χ3n) is 4.24. The van der Waals surface area contributed by atoms with Gasteiger partial charge in [-0.2, -0.15) is 0 Å². The minimum absolute atomic E-state index is 0.0566. The zero-order chi connectivity index (χ0) is 18.6. The molecule has 1 saturated heterocycles. The lowest BCUT2D eigenvalue weighted by atomic mass is 10.1. The van der Waals surface area contributed by atoms with E-state index in [1.54, 1.807) is 42.9 Å². The smallest absolute Gasteiger partial charge is 0.251 e. The van der Waals surface area contributed by atoms with Crippen LogP contribution in [0.5, 0.6) is 11.5 Å². The highest BCUT2D eigenvalue weighted by Gasteiger charge is 2.29. The number of hydrogen-bond acceptors (Lipinski definition) is 5. The highest BCUT2D eigenvalue weighted by molar-refractivity contribution is 5.95. The van der Waals surface area contributed by atoms with Crippen LogP contribution in [-0.4, -0.2) is 35.0 Å². The monoisotopic (exact) mass is 364 g/mol. The summed E-state index contributed by atoms with van der Waals surface area (Å²) < 4.78 is 18.6. The molecule has 1 N–H and O–H groups in total. The van der Waals surface area contributed by atoms with E-state index in [1.165, 1.54) is 24.3 Å². The van der Waals surface area contributed by atoms with Gasteiger partial charge in [-0.15, -0.1) is 0 Å². The number of carbonyl (C=O) groups excluding carboxylic acids is 1. The molecule has 1 aliphatic rings. The first-order chi connectivity index (χ1) is 13.2. The second-order valence-corrected chi connectivity index (χ2v) is 6.22. The van der Waals surface area contributed by atoms with Gasteiger partial charge in [0, 0.05) is 31.0 Å². The van der Waals surface area contributed by atoms with Gasteiger partial charge in [-0.3, -0.25) is 9.78 Å².